The second-order valence-corrected chi connectivity index (χ2v) is 6.52. The van der Waals surface area contributed by atoms with Crippen LogP contribution in [-0.2, 0) is 13.0 Å². The van der Waals surface area contributed by atoms with Crippen LogP contribution in [0.4, 0.5) is 0 Å². The molecule has 1 N–H and O–H groups in total. The summed E-state index contributed by atoms with van der Waals surface area (Å²) in [5, 5.41) is 4.70. The van der Waals surface area contributed by atoms with Gasteiger partial charge >= 0.3 is 5.63 Å². The number of benzene rings is 1. The Hall–Kier alpha value is -1.61. The molecule has 22 heavy (non-hydrogen) atoms. The number of fused-ring (bicyclic) bond motifs is 1. The van der Waals surface area contributed by atoms with Gasteiger partial charge < -0.3 is 9.73 Å². The molecule has 1 aliphatic carbocycles. The molecule has 0 saturated heterocycles. The van der Waals surface area contributed by atoms with Gasteiger partial charge in [0.15, 0.2) is 0 Å². The van der Waals surface area contributed by atoms with E-state index in [4.69, 9.17) is 4.42 Å². The van der Waals surface area contributed by atoms with Crippen LogP contribution in [0.3, 0.4) is 0 Å². The standard InChI is InChI=1S/C19H25NO2/c1-3-14-8-9-16-15(11-19(21)22-18(16)10-14)12-20-17-7-5-4-6-13(17)2/h8-11,13,17,20H,3-7,12H2,1-2H3. The smallest absolute Gasteiger partial charge is 0.336 e. The molecule has 0 bridgehead atoms. The normalized spacial score (nSPS) is 22.1. The van der Waals surface area contributed by atoms with Crippen molar-refractivity contribution in [3.63, 3.8) is 0 Å². The maximum absolute atomic E-state index is 11.8. The van der Waals surface area contributed by atoms with E-state index in [9.17, 15) is 4.79 Å². The molecule has 3 nitrogen and oxygen atoms in total. The Balaban J connectivity index is 1.85. The molecule has 1 saturated carbocycles. The van der Waals surface area contributed by atoms with E-state index < -0.39 is 0 Å². The third-order valence-corrected chi connectivity index (χ3v) is 4.97. The van der Waals surface area contributed by atoms with Gasteiger partial charge in [-0.25, -0.2) is 4.79 Å². The highest BCUT2D eigenvalue weighted by Gasteiger charge is 2.20. The summed E-state index contributed by atoms with van der Waals surface area (Å²) in [6.45, 7) is 5.17. The van der Waals surface area contributed by atoms with E-state index in [0.717, 1.165) is 23.9 Å². The molecule has 2 atom stereocenters. The van der Waals surface area contributed by atoms with Crippen LogP contribution in [0.15, 0.2) is 33.5 Å². The number of hydrogen-bond donors (Lipinski definition) is 1. The van der Waals surface area contributed by atoms with Crippen molar-refractivity contribution in [1.82, 2.24) is 5.32 Å². The molecule has 0 aliphatic heterocycles. The number of aryl methyl sites for hydroxylation is 1. The van der Waals surface area contributed by atoms with E-state index in [0.29, 0.717) is 17.5 Å². The summed E-state index contributed by atoms with van der Waals surface area (Å²) in [5.41, 5.74) is 2.70. The minimum atomic E-state index is -0.255. The summed E-state index contributed by atoms with van der Waals surface area (Å²) in [7, 11) is 0. The second kappa shape index (κ2) is 6.66. The van der Waals surface area contributed by atoms with Crippen LogP contribution in [0.2, 0.25) is 0 Å². The average Bonchev–Trinajstić information content (AvgIpc) is 2.53. The Bertz CT molecular complexity index is 704. The van der Waals surface area contributed by atoms with Crippen LogP contribution >= 0.6 is 0 Å². The topological polar surface area (TPSA) is 42.2 Å². The second-order valence-electron chi connectivity index (χ2n) is 6.52. The molecule has 1 aliphatic rings. The third-order valence-electron chi connectivity index (χ3n) is 4.97. The predicted octanol–water partition coefficient (Wildman–Crippen LogP) is 4.02. The van der Waals surface area contributed by atoms with Crippen molar-refractivity contribution in [1.29, 1.82) is 0 Å². The van der Waals surface area contributed by atoms with Crippen molar-refractivity contribution in [2.24, 2.45) is 5.92 Å². The molecule has 1 aromatic carbocycles. The first-order valence-electron chi connectivity index (χ1n) is 8.46. The van der Waals surface area contributed by atoms with Gasteiger partial charge in [-0.15, -0.1) is 0 Å². The highest BCUT2D eigenvalue weighted by atomic mass is 16.4. The quantitative estimate of drug-likeness (QED) is 0.867. The molecule has 0 amide bonds. The summed E-state index contributed by atoms with van der Waals surface area (Å²) >= 11 is 0. The van der Waals surface area contributed by atoms with E-state index >= 15 is 0 Å². The first-order chi connectivity index (χ1) is 10.7. The van der Waals surface area contributed by atoms with Crippen molar-refractivity contribution >= 4 is 11.0 Å². The van der Waals surface area contributed by atoms with Gasteiger partial charge in [0.2, 0.25) is 0 Å². The molecule has 1 aromatic heterocycles. The number of hydrogen-bond acceptors (Lipinski definition) is 3. The van der Waals surface area contributed by atoms with Gasteiger partial charge in [0, 0.05) is 24.0 Å². The summed E-state index contributed by atoms with van der Waals surface area (Å²) in [6, 6.07) is 8.39. The molecule has 3 heteroatoms. The molecule has 1 fully saturated rings. The highest BCUT2D eigenvalue weighted by molar-refractivity contribution is 5.80. The molecule has 118 valence electrons. The van der Waals surface area contributed by atoms with Crippen molar-refractivity contribution in [2.45, 2.75) is 58.5 Å². The van der Waals surface area contributed by atoms with Crippen LogP contribution in [0.5, 0.6) is 0 Å². The lowest BCUT2D eigenvalue weighted by molar-refractivity contribution is 0.279. The molecule has 1 heterocycles. The molecule has 2 aromatic rings. The maximum Gasteiger partial charge on any atom is 0.336 e. The van der Waals surface area contributed by atoms with Gasteiger partial charge in [0.1, 0.15) is 5.58 Å². The lowest BCUT2D eigenvalue weighted by atomic mass is 9.86. The Morgan fingerprint density at radius 3 is 2.82 bits per heavy atom. The minimum absolute atomic E-state index is 0.255. The number of nitrogens with one attached hydrogen (secondary N) is 1. The maximum atomic E-state index is 11.8. The zero-order valence-electron chi connectivity index (χ0n) is 13.5. The van der Waals surface area contributed by atoms with Crippen molar-refractivity contribution in [3.8, 4) is 0 Å². The largest absolute Gasteiger partial charge is 0.423 e. The van der Waals surface area contributed by atoms with Crippen LogP contribution in [0.25, 0.3) is 11.0 Å². The van der Waals surface area contributed by atoms with Crippen LogP contribution in [-0.4, -0.2) is 6.04 Å². The molecule has 0 radical (unpaired) electrons. The zero-order valence-corrected chi connectivity index (χ0v) is 13.5. The van der Waals surface area contributed by atoms with Gasteiger partial charge in [0.25, 0.3) is 0 Å². The van der Waals surface area contributed by atoms with E-state index in [2.05, 4.69) is 31.3 Å². The first-order valence-corrected chi connectivity index (χ1v) is 8.46. The summed E-state index contributed by atoms with van der Waals surface area (Å²) in [5.74, 6) is 0.715. The zero-order chi connectivity index (χ0) is 15.5. The Kier molecular flexibility index (Phi) is 4.63. The van der Waals surface area contributed by atoms with E-state index in [1.807, 2.05) is 6.07 Å². The average molecular weight is 299 g/mol. The van der Waals surface area contributed by atoms with Crippen molar-refractivity contribution in [2.75, 3.05) is 0 Å². The van der Waals surface area contributed by atoms with Gasteiger partial charge in [-0.05, 0) is 42.4 Å². The third kappa shape index (κ3) is 3.25. The molecular formula is C19H25NO2. The molecule has 2 unspecified atom stereocenters. The minimum Gasteiger partial charge on any atom is -0.423 e. The molecule has 0 spiro atoms. The molecule has 3 rings (SSSR count). The first kappa shape index (κ1) is 15.3. The fourth-order valence-electron chi connectivity index (χ4n) is 3.50. The summed E-state index contributed by atoms with van der Waals surface area (Å²) in [4.78, 5) is 11.8. The van der Waals surface area contributed by atoms with Crippen LogP contribution in [0, 0.1) is 5.92 Å². The van der Waals surface area contributed by atoms with Crippen molar-refractivity contribution < 1.29 is 4.42 Å². The van der Waals surface area contributed by atoms with E-state index in [-0.39, 0.29) is 5.63 Å². The monoisotopic (exact) mass is 299 g/mol. The fourth-order valence-corrected chi connectivity index (χ4v) is 3.50. The van der Waals surface area contributed by atoms with Crippen LogP contribution < -0.4 is 10.9 Å². The number of rotatable bonds is 4. The van der Waals surface area contributed by atoms with Gasteiger partial charge in [-0.1, -0.05) is 38.8 Å². The lowest BCUT2D eigenvalue weighted by Gasteiger charge is -2.29. The van der Waals surface area contributed by atoms with Crippen molar-refractivity contribution in [3.05, 3.63) is 45.8 Å². The van der Waals surface area contributed by atoms with E-state index in [1.54, 1.807) is 6.07 Å². The Morgan fingerprint density at radius 1 is 1.23 bits per heavy atom. The van der Waals surface area contributed by atoms with E-state index in [1.165, 1.54) is 31.2 Å². The van der Waals surface area contributed by atoms with Gasteiger partial charge in [0.05, 0.1) is 0 Å². The predicted molar refractivity (Wildman–Crippen MR) is 90.1 cm³/mol. The lowest BCUT2D eigenvalue weighted by Crippen LogP contribution is -2.36. The van der Waals surface area contributed by atoms with Crippen LogP contribution in [0.1, 0.15) is 50.7 Å². The molecular weight excluding hydrogens is 274 g/mol. The summed E-state index contributed by atoms with van der Waals surface area (Å²) in [6.07, 6.45) is 6.13. The summed E-state index contributed by atoms with van der Waals surface area (Å²) < 4.78 is 5.37. The Labute approximate surface area is 131 Å². The fraction of sp³-hybridized carbons (Fsp3) is 0.526. The highest BCUT2D eigenvalue weighted by Crippen LogP contribution is 2.25. The SMILES string of the molecule is CCc1ccc2c(CNC3CCCCC3C)cc(=O)oc2c1. The Morgan fingerprint density at radius 2 is 2.05 bits per heavy atom. The van der Waals surface area contributed by atoms with Gasteiger partial charge in [-0.3, -0.25) is 0 Å². The van der Waals surface area contributed by atoms with Gasteiger partial charge in [-0.2, -0.15) is 0 Å².